The summed E-state index contributed by atoms with van der Waals surface area (Å²) in [7, 11) is 0. The molecule has 2 nitrogen and oxygen atoms in total. The minimum absolute atomic E-state index is 0.556. The van der Waals surface area contributed by atoms with E-state index in [2.05, 4.69) is 68.2 Å². The number of hydrogen-bond acceptors (Lipinski definition) is 2. The largest absolute Gasteiger partial charge is 0.311 e. The fourth-order valence-electron chi connectivity index (χ4n) is 3.71. The van der Waals surface area contributed by atoms with Gasteiger partial charge in [-0.15, -0.1) is 0 Å². The van der Waals surface area contributed by atoms with Crippen LogP contribution in [0.4, 0.5) is 0 Å². The third-order valence-corrected chi connectivity index (χ3v) is 4.85. The Morgan fingerprint density at radius 2 is 1.90 bits per heavy atom. The molecular formula is C19H32N2. The molecule has 0 aliphatic carbocycles. The van der Waals surface area contributed by atoms with Gasteiger partial charge < -0.3 is 5.32 Å². The van der Waals surface area contributed by atoms with Gasteiger partial charge in [-0.05, 0) is 24.3 Å². The van der Waals surface area contributed by atoms with Gasteiger partial charge in [0.2, 0.25) is 0 Å². The lowest BCUT2D eigenvalue weighted by Crippen LogP contribution is -2.58. The predicted octanol–water partition coefficient (Wildman–Crippen LogP) is 4.24. The van der Waals surface area contributed by atoms with Crippen molar-refractivity contribution in [3.63, 3.8) is 0 Å². The van der Waals surface area contributed by atoms with Crippen molar-refractivity contribution < 1.29 is 0 Å². The van der Waals surface area contributed by atoms with E-state index in [1.54, 1.807) is 0 Å². The van der Waals surface area contributed by atoms with Crippen LogP contribution in [0.3, 0.4) is 0 Å². The fraction of sp³-hybridized carbons (Fsp3) is 0.684. The first kappa shape index (κ1) is 16.5. The summed E-state index contributed by atoms with van der Waals surface area (Å²) in [5.74, 6) is 0.692. The second-order valence-electron chi connectivity index (χ2n) is 6.74. The molecule has 3 unspecified atom stereocenters. The monoisotopic (exact) mass is 288 g/mol. The second kappa shape index (κ2) is 7.95. The summed E-state index contributed by atoms with van der Waals surface area (Å²) in [6.07, 6.45) is 3.73. The molecule has 0 bridgehead atoms. The number of nitrogens with one attached hydrogen (secondary N) is 1. The van der Waals surface area contributed by atoms with Crippen molar-refractivity contribution in [3.05, 3.63) is 35.9 Å². The maximum atomic E-state index is 3.77. The number of piperazine rings is 1. The number of benzene rings is 1. The molecule has 1 heterocycles. The van der Waals surface area contributed by atoms with Gasteiger partial charge in [0, 0.05) is 31.2 Å². The minimum atomic E-state index is 0.556. The molecule has 1 aliphatic rings. The van der Waals surface area contributed by atoms with E-state index in [4.69, 9.17) is 0 Å². The maximum Gasteiger partial charge on any atom is 0.0349 e. The van der Waals surface area contributed by atoms with Crippen LogP contribution < -0.4 is 5.32 Å². The molecule has 2 heteroatoms. The van der Waals surface area contributed by atoms with E-state index in [0.29, 0.717) is 24.0 Å². The smallest absolute Gasteiger partial charge is 0.0349 e. The van der Waals surface area contributed by atoms with Crippen LogP contribution in [0.1, 0.15) is 58.6 Å². The molecule has 21 heavy (non-hydrogen) atoms. The van der Waals surface area contributed by atoms with Crippen LogP contribution in [-0.2, 0) is 0 Å². The molecule has 0 amide bonds. The zero-order valence-electron chi connectivity index (χ0n) is 14.2. The van der Waals surface area contributed by atoms with Crippen molar-refractivity contribution in [1.82, 2.24) is 10.2 Å². The molecule has 1 fully saturated rings. The third kappa shape index (κ3) is 4.08. The molecule has 1 aromatic rings. The van der Waals surface area contributed by atoms with E-state index in [1.807, 2.05) is 0 Å². The highest BCUT2D eigenvalue weighted by Crippen LogP contribution is 2.30. The van der Waals surface area contributed by atoms with Gasteiger partial charge in [0.25, 0.3) is 0 Å². The Labute approximate surface area is 130 Å². The summed E-state index contributed by atoms with van der Waals surface area (Å²) in [6.45, 7) is 11.6. The second-order valence-corrected chi connectivity index (χ2v) is 6.74. The van der Waals surface area contributed by atoms with Crippen molar-refractivity contribution in [2.45, 2.75) is 65.1 Å². The molecule has 1 aromatic carbocycles. The van der Waals surface area contributed by atoms with Crippen LogP contribution in [0.5, 0.6) is 0 Å². The molecule has 2 rings (SSSR count). The summed E-state index contributed by atoms with van der Waals surface area (Å²) in [5.41, 5.74) is 1.47. The molecule has 0 spiro atoms. The van der Waals surface area contributed by atoms with E-state index in [1.165, 1.54) is 31.4 Å². The Hall–Kier alpha value is -0.860. The topological polar surface area (TPSA) is 15.3 Å². The minimum Gasteiger partial charge on any atom is -0.311 e. The van der Waals surface area contributed by atoms with Gasteiger partial charge in [0.1, 0.15) is 0 Å². The molecule has 0 saturated carbocycles. The van der Waals surface area contributed by atoms with Crippen LogP contribution in [0.2, 0.25) is 0 Å². The molecule has 1 aliphatic heterocycles. The molecule has 1 saturated heterocycles. The van der Waals surface area contributed by atoms with Crippen molar-refractivity contribution in [3.8, 4) is 0 Å². The van der Waals surface area contributed by atoms with Crippen molar-refractivity contribution >= 4 is 0 Å². The van der Waals surface area contributed by atoms with Crippen LogP contribution in [0.25, 0.3) is 0 Å². The lowest BCUT2D eigenvalue weighted by atomic mass is 9.92. The normalized spacial score (nSPS) is 25.2. The first-order valence-corrected chi connectivity index (χ1v) is 8.71. The van der Waals surface area contributed by atoms with Crippen molar-refractivity contribution in [2.75, 3.05) is 13.1 Å². The summed E-state index contributed by atoms with van der Waals surface area (Å²) in [6, 6.07) is 12.9. The van der Waals surface area contributed by atoms with Crippen molar-refractivity contribution in [1.29, 1.82) is 0 Å². The van der Waals surface area contributed by atoms with Gasteiger partial charge >= 0.3 is 0 Å². The van der Waals surface area contributed by atoms with Gasteiger partial charge in [-0.3, -0.25) is 4.90 Å². The average Bonchev–Trinajstić information content (AvgIpc) is 2.49. The van der Waals surface area contributed by atoms with E-state index in [0.717, 1.165) is 6.54 Å². The SMILES string of the molecule is CCCC1CN(C(CC)c2ccccc2)C(C(C)C)CN1. The van der Waals surface area contributed by atoms with Crippen LogP contribution >= 0.6 is 0 Å². The van der Waals surface area contributed by atoms with E-state index >= 15 is 0 Å². The quantitative estimate of drug-likeness (QED) is 0.842. The summed E-state index contributed by atoms with van der Waals surface area (Å²) >= 11 is 0. The standard InChI is InChI=1S/C19H32N2/c1-5-10-17-14-21(19(13-20-17)15(3)4)18(6-2)16-11-8-7-9-12-16/h7-9,11-12,15,17-20H,5-6,10,13-14H2,1-4H3. The van der Waals surface area contributed by atoms with Crippen LogP contribution in [0.15, 0.2) is 30.3 Å². The van der Waals surface area contributed by atoms with E-state index in [9.17, 15) is 0 Å². The molecular weight excluding hydrogens is 256 g/mol. The highest BCUT2D eigenvalue weighted by molar-refractivity contribution is 5.19. The Morgan fingerprint density at radius 1 is 1.19 bits per heavy atom. The number of rotatable bonds is 6. The molecule has 0 radical (unpaired) electrons. The van der Waals surface area contributed by atoms with Crippen LogP contribution in [0, 0.1) is 5.92 Å². The Balaban J connectivity index is 2.20. The zero-order chi connectivity index (χ0) is 15.2. The Bertz CT molecular complexity index is 401. The van der Waals surface area contributed by atoms with E-state index in [-0.39, 0.29) is 0 Å². The molecule has 1 N–H and O–H groups in total. The predicted molar refractivity (Wildman–Crippen MR) is 91.5 cm³/mol. The zero-order valence-corrected chi connectivity index (χ0v) is 14.2. The van der Waals surface area contributed by atoms with E-state index < -0.39 is 0 Å². The van der Waals surface area contributed by atoms with Crippen molar-refractivity contribution in [2.24, 2.45) is 5.92 Å². The first-order chi connectivity index (χ1) is 10.2. The summed E-state index contributed by atoms with van der Waals surface area (Å²) in [4.78, 5) is 2.77. The third-order valence-electron chi connectivity index (χ3n) is 4.85. The number of nitrogens with zero attached hydrogens (tertiary/aromatic N) is 1. The van der Waals surface area contributed by atoms with Crippen LogP contribution in [-0.4, -0.2) is 30.1 Å². The van der Waals surface area contributed by atoms with Gasteiger partial charge in [0.05, 0.1) is 0 Å². The van der Waals surface area contributed by atoms with Gasteiger partial charge in [-0.2, -0.15) is 0 Å². The highest BCUT2D eigenvalue weighted by Gasteiger charge is 2.33. The Morgan fingerprint density at radius 3 is 2.48 bits per heavy atom. The lowest BCUT2D eigenvalue weighted by molar-refractivity contribution is 0.0508. The Kier molecular flexibility index (Phi) is 6.25. The molecule has 3 atom stereocenters. The highest BCUT2D eigenvalue weighted by atomic mass is 15.3. The average molecular weight is 288 g/mol. The number of hydrogen-bond donors (Lipinski definition) is 1. The fourth-order valence-corrected chi connectivity index (χ4v) is 3.71. The lowest BCUT2D eigenvalue weighted by Gasteiger charge is -2.46. The first-order valence-electron chi connectivity index (χ1n) is 8.71. The molecule has 0 aromatic heterocycles. The molecule has 118 valence electrons. The summed E-state index contributed by atoms with van der Waals surface area (Å²) in [5, 5.41) is 3.77. The van der Waals surface area contributed by atoms with Gasteiger partial charge in [-0.25, -0.2) is 0 Å². The maximum absolute atomic E-state index is 3.77. The summed E-state index contributed by atoms with van der Waals surface area (Å²) < 4.78 is 0. The van der Waals surface area contributed by atoms with Gasteiger partial charge in [0.15, 0.2) is 0 Å². The van der Waals surface area contributed by atoms with Gasteiger partial charge in [-0.1, -0.05) is 64.4 Å².